The Morgan fingerprint density at radius 2 is 2.00 bits per heavy atom. The minimum Gasteiger partial charge on any atom is -0.388 e. The third kappa shape index (κ3) is 1.98. The Bertz CT molecular complexity index is 433. The van der Waals surface area contributed by atoms with Crippen LogP contribution in [0, 0.1) is 0 Å². The molecule has 0 bridgehead atoms. The predicted octanol–water partition coefficient (Wildman–Crippen LogP) is 2.34. The number of rotatable bonds is 3. The molecule has 0 spiro atoms. The van der Waals surface area contributed by atoms with Gasteiger partial charge < -0.3 is 9.84 Å². The van der Waals surface area contributed by atoms with E-state index in [1.165, 1.54) is 0 Å². The van der Waals surface area contributed by atoms with Crippen molar-refractivity contribution in [1.29, 1.82) is 0 Å². The first-order chi connectivity index (χ1) is 7.33. The van der Waals surface area contributed by atoms with Crippen molar-refractivity contribution >= 4 is 5.69 Å². The SMILES string of the molecule is CCc1noc(-c2ccc(NC)cc2)n1. The van der Waals surface area contributed by atoms with E-state index in [0.717, 1.165) is 23.5 Å². The van der Waals surface area contributed by atoms with Crippen LogP contribution in [0.4, 0.5) is 5.69 Å². The van der Waals surface area contributed by atoms with Gasteiger partial charge in [-0.05, 0) is 24.3 Å². The van der Waals surface area contributed by atoms with Gasteiger partial charge in [0.25, 0.3) is 5.89 Å². The largest absolute Gasteiger partial charge is 0.388 e. The smallest absolute Gasteiger partial charge is 0.257 e. The van der Waals surface area contributed by atoms with Crippen LogP contribution in [0.5, 0.6) is 0 Å². The zero-order valence-corrected chi connectivity index (χ0v) is 8.82. The molecule has 4 heteroatoms. The number of nitrogens with zero attached hydrogens (tertiary/aromatic N) is 2. The quantitative estimate of drug-likeness (QED) is 0.831. The number of benzene rings is 1. The van der Waals surface area contributed by atoms with E-state index in [0.29, 0.717) is 5.89 Å². The summed E-state index contributed by atoms with van der Waals surface area (Å²) in [4.78, 5) is 4.26. The Hall–Kier alpha value is -1.84. The van der Waals surface area contributed by atoms with Crippen LogP contribution >= 0.6 is 0 Å². The van der Waals surface area contributed by atoms with Crippen molar-refractivity contribution < 1.29 is 4.52 Å². The van der Waals surface area contributed by atoms with Crippen molar-refractivity contribution in [3.8, 4) is 11.5 Å². The van der Waals surface area contributed by atoms with Crippen molar-refractivity contribution in [1.82, 2.24) is 10.1 Å². The highest BCUT2D eigenvalue weighted by Crippen LogP contribution is 2.19. The minimum atomic E-state index is 0.578. The van der Waals surface area contributed by atoms with Gasteiger partial charge in [0.05, 0.1) is 0 Å². The lowest BCUT2D eigenvalue weighted by Crippen LogP contribution is -1.87. The second-order valence-electron chi connectivity index (χ2n) is 3.20. The summed E-state index contributed by atoms with van der Waals surface area (Å²) in [5.41, 5.74) is 2.01. The van der Waals surface area contributed by atoms with E-state index in [1.807, 2.05) is 38.2 Å². The fourth-order valence-corrected chi connectivity index (χ4v) is 1.29. The Balaban J connectivity index is 2.28. The highest BCUT2D eigenvalue weighted by molar-refractivity contribution is 5.58. The minimum absolute atomic E-state index is 0.578. The van der Waals surface area contributed by atoms with Crippen molar-refractivity contribution in [2.24, 2.45) is 0 Å². The van der Waals surface area contributed by atoms with Gasteiger partial charge in [-0.3, -0.25) is 0 Å². The zero-order chi connectivity index (χ0) is 10.7. The lowest BCUT2D eigenvalue weighted by atomic mass is 10.2. The lowest BCUT2D eigenvalue weighted by molar-refractivity contribution is 0.423. The molecule has 15 heavy (non-hydrogen) atoms. The van der Waals surface area contributed by atoms with Crippen LogP contribution < -0.4 is 5.32 Å². The molecular weight excluding hydrogens is 190 g/mol. The molecule has 2 rings (SSSR count). The molecule has 78 valence electrons. The van der Waals surface area contributed by atoms with Crippen LogP contribution in [-0.4, -0.2) is 17.2 Å². The lowest BCUT2D eigenvalue weighted by Gasteiger charge is -1.99. The molecule has 1 N–H and O–H groups in total. The van der Waals surface area contributed by atoms with E-state index in [-0.39, 0.29) is 0 Å². The van der Waals surface area contributed by atoms with Crippen LogP contribution in [0.25, 0.3) is 11.5 Å². The molecule has 0 saturated heterocycles. The highest BCUT2D eigenvalue weighted by Gasteiger charge is 2.06. The Morgan fingerprint density at radius 3 is 2.53 bits per heavy atom. The highest BCUT2D eigenvalue weighted by atomic mass is 16.5. The van der Waals surface area contributed by atoms with Crippen LogP contribution in [0.3, 0.4) is 0 Å². The second kappa shape index (κ2) is 4.13. The first kappa shape index (κ1) is 9.71. The molecule has 4 nitrogen and oxygen atoms in total. The molecule has 0 aliphatic heterocycles. The summed E-state index contributed by atoms with van der Waals surface area (Å²) in [6.07, 6.45) is 0.790. The summed E-state index contributed by atoms with van der Waals surface area (Å²) in [6, 6.07) is 7.87. The molecule has 1 heterocycles. The number of hydrogen-bond acceptors (Lipinski definition) is 4. The Morgan fingerprint density at radius 1 is 1.27 bits per heavy atom. The van der Waals surface area contributed by atoms with E-state index in [1.54, 1.807) is 0 Å². The van der Waals surface area contributed by atoms with Crippen molar-refractivity contribution in [2.45, 2.75) is 13.3 Å². The van der Waals surface area contributed by atoms with Gasteiger partial charge >= 0.3 is 0 Å². The summed E-state index contributed by atoms with van der Waals surface area (Å²) < 4.78 is 5.13. The number of aryl methyl sites for hydroxylation is 1. The van der Waals surface area contributed by atoms with Crippen LogP contribution in [0.1, 0.15) is 12.7 Å². The normalized spacial score (nSPS) is 10.3. The number of aromatic nitrogens is 2. The first-order valence-corrected chi connectivity index (χ1v) is 4.94. The van der Waals surface area contributed by atoms with Gasteiger partial charge in [-0.1, -0.05) is 12.1 Å². The maximum absolute atomic E-state index is 5.13. The molecule has 0 fully saturated rings. The van der Waals surface area contributed by atoms with Crippen LogP contribution in [0.15, 0.2) is 28.8 Å². The maximum atomic E-state index is 5.13. The Kier molecular flexibility index (Phi) is 2.67. The van der Waals surface area contributed by atoms with Crippen molar-refractivity contribution in [2.75, 3.05) is 12.4 Å². The summed E-state index contributed by atoms with van der Waals surface area (Å²) in [7, 11) is 1.89. The van der Waals surface area contributed by atoms with Gasteiger partial charge in [-0.2, -0.15) is 4.98 Å². The monoisotopic (exact) mass is 203 g/mol. The van der Waals surface area contributed by atoms with Gasteiger partial charge in [-0.15, -0.1) is 0 Å². The van der Waals surface area contributed by atoms with E-state index in [2.05, 4.69) is 15.5 Å². The number of hydrogen-bond donors (Lipinski definition) is 1. The summed E-state index contributed by atoms with van der Waals surface area (Å²) in [5, 5.41) is 6.91. The van der Waals surface area contributed by atoms with Crippen LogP contribution in [-0.2, 0) is 6.42 Å². The first-order valence-electron chi connectivity index (χ1n) is 4.94. The molecule has 0 saturated carbocycles. The molecule has 0 aliphatic rings. The van der Waals surface area contributed by atoms with Gasteiger partial charge in [-0.25, -0.2) is 0 Å². The molecule has 0 amide bonds. The van der Waals surface area contributed by atoms with Gasteiger partial charge in [0.15, 0.2) is 5.82 Å². The third-order valence-electron chi connectivity index (χ3n) is 2.20. The van der Waals surface area contributed by atoms with E-state index in [9.17, 15) is 0 Å². The van der Waals surface area contributed by atoms with E-state index < -0.39 is 0 Å². The van der Waals surface area contributed by atoms with E-state index >= 15 is 0 Å². The summed E-state index contributed by atoms with van der Waals surface area (Å²) >= 11 is 0. The maximum Gasteiger partial charge on any atom is 0.257 e. The summed E-state index contributed by atoms with van der Waals surface area (Å²) in [5.74, 6) is 1.32. The Labute approximate surface area is 88.3 Å². The standard InChI is InChI=1S/C11H13N3O/c1-3-10-13-11(15-14-10)8-4-6-9(12-2)7-5-8/h4-7,12H,3H2,1-2H3. The molecule has 0 radical (unpaired) electrons. The molecule has 0 aliphatic carbocycles. The van der Waals surface area contributed by atoms with Crippen LogP contribution in [0.2, 0.25) is 0 Å². The van der Waals surface area contributed by atoms with Crippen molar-refractivity contribution in [3.63, 3.8) is 0 Å². The topological polar surface area (TPSA) is 51.0 Å². The van der Waals surface area contributed by atoms with Gasteiger partial charge in [0.1, 0.15) is 0 Å². The number of anilines is 1. The molecule has 2 aromatic rings. The molecule has 0 atom stereocenters. The average Bonchev–Trinajstić information content (AvgIpc) is 2.78. The average molecular weight is 203 g/mol. The van der Waals surface area contributed by atoms with Gasteiger partial charge in [0, 0.05) is 24.7 Å². The zero-order valence-electron chi connectivity index (χ0n) is 8.82. The van der Waals surface area contributed by atoms with Gasteiger partial charge in [0.2, 0.25) is 0 Å². The molecule has 1 aromatic carbocycles. The molecular formula is C11H13N3O. The van der Waals surface area contributed by atoms with Crippen molar-refractivity contribution in [3.05, 3.63) is 30.1 Å². The fraction of sp³-hybridized carbons (Fsp3) is 0.273. The molecule has 1 aromatic heterocycles. The second-order valence-corrected chi connectivity index (χ2v) is 3.20. The fourth-order valence-electron chi connectivity index (χ4n) is 1.29. The predicted molar refractivity (Wildman–Crippen MR) is 58.7 cm³/mol. The molecule has 0 unspecified atom stereocenters. The number of nitrogens with one attached hydrogen (secondary N) is 1. The third-order valence-corrected chi connectivity index (χ3v) is 2.20. The summed E-state index contributed by atoms with van der Waals surface area (Å²) in [6.45, 7) is 2.00. The van der Waals surface area contributed by atoms with E-state index in [4.69, 9.17) is 4.52 Å².